The summed E-state index contributed by atoms with van der Waals surface area (Å²) in [6.45, 7) is 2.49. The molecule has 0 saturated carbocycles. The predicted octanol–water partition coefficient (Wildman–Crippen LogP) is 1.34. The fraction of sp³-hybridized carbons (Fsp3) is 0.353. The van der Waals surface area contributed by atoms with E-state index in [4.69, 9.17) is 0 Å². The number of fused-ring (bicyclic) bond motifs is 1. The summed E-state index contributed by atoms with van der Waals surface area (Å²) in [6, 6.07) is 13.5. The number of benzene rings is 1. The first-order chi connectivity index (χ1) is 10.2. The Kier molecular flexibility index (Phi) is 4.18. The third kappa shape index (κ3) is 3.60. The number of H-pyrrole nitrogens is 1. The molecule has 2 heterocycles. The minimum Gasteiger partial charge on any atom is -0.391 e. The number of pyridine rings is 1. The lowest BCUT2D eigenvalue weighted by Gasteiger charge is -2.30. The fourth-order valence-electron chi connectivity index (χ4n) is 2.94. The summed E-state index contributed by atoms with van der Waals surface area (Å²) in [7, 11) is 0. The van der Waals surface area contributed by atoms with Gasteiger partial charge in [0.1, 0.15) is 0 Å². The topological polar surface area (TPSA) is 56.3 Å². The number of hydrogen-bond acceptors (Lipinski definition) is 3. The summed E-state index contributed by atoms with van der Waals surface area (Å²) >= 11 is 0. The molecule has 0 spiro atoms. The molecule has 0 radical (unpaired) electrons. The van der Waals surface area contributed by atoms with E-state index in [1.165, 1.54) is 17.2 Å². The average molecular weight is 284 g/mol. The zero-order valence-electron chi connectivity index (χ0n) is 12.0. The van der Waals surface area contributed by atoms with E-state index in [0.29, 0.717) is 13.0 Å². The van der Waals surface area contributed by atoms with Crippen molar-refractivity contribution in [1.29, 1.82) is 0 Å². The molecule has 0 saturated heterocycles. The van der Waals surface area contributed by atoms with Crippen LogP contribution in [-0.4, -0.2) is 34.2 Å². The number of aliphatic hydroxyl groups excluding tert-OH is 1. The second-order valence-corrected chi connectivity index (χ2v) is 5.65. The normalized spacial score (nSPS) is 16.4. The Morgan fingerprint density at radius 1 is 1.14 bits per heavy atom. The van der Waals surface area contributed by atoms with E-state index in [-0.39, 0.29) is 5.56 Å². The van der Waals surface area contributed by atoms with Crippen LogP contribution in [0.1, 0.15) is 16.8 Å². The van der Waals surface area contributed by atoms with Gasteiger partial charge in [0.2, 0.25) is 5.56 Å². The van der Waals surface area contributed by atoms with Crippen LogP contribution in [0.15, 0.2) is 47.3 Å². The third-order valence-electron chi connectivity index (χ3n) is 3.96. The highest BCUT2D eigenvalue weighted by Crippen LogP contribution is 2.18. The van der Waals surface area contributed by atoms with Crippen LogP contribution in [0.4, 0.5) is 0 Å². The van der Waals surface area contributed by atoms with Crippen molar-refractivity contribution in [3.8, 4) is 0 Å². The molecule has 3 rings (SSSR count). The van der Waals surface area contributed by atoms with E-state index in [2.05, 4.69) is 34.1 Å². The number of nitrogens with one attached hydrogen (secondary N) is 1. The van der Waals surface area contributed by atoms with Crippen molar-refractivity contribution < 1.29 is 5.11 Å². The van der Waals surface area contributed by atoms with Gasteiger partial charge in [-0.05, 0) is 23.6 Å². The first-order valence-electron chi connectivity index (χ1n) is 7.36. The number of β-amino-alcohol motifs (C(OH)–C–C–N with tert-alkyl or cyclic N) is 1. The van der Waals surface area contributed by atoms with Crippen LogP contribution in [0.25, 0.3) is 0 Å². The van der Waals surface area contributed by atoms with Gasteiger partial charge in [0.25, 0.3) is 0 Å². The molecule has 0 fully saturated rings. The van der Waals surface area contributed by atoms with Gasteiger partial charge in [-0.1, -0.05) is 30.3 Å². The lowest BCUT2D eigenvalue weighted by molar-refractivity contribution is 0.105. The quantitative estimate of drug-likeness (QED) is 0.891. The summed E-state index contributed by atoms with van der Waals surface area (Å²) in [5, 5.41) is 10.2. The lowest BCUT2D eigenvalue weighted by atomic mass is 9.99. The van der Waals surface area contributed by atoms with Gasteiger partial charge in [-0.15, -0.1) is 0 Å². The van der Waals surface area contributed by atoms with Gasteiger partial charge in [-0.3, -0.25) is 9.69 Å². The molecule has 21 heavy (non-hydrogen) atoms. The van der Waals surface area contributed by atoms with E-state index >= 15 is 0 Å². The Balaban J connectivity index is 1.59. The van der Waals surface area contributed by atoms with Crippen molar-refractivity contribution in [1.82, 2.24) is 9.88 Å². The smallest absolute Gasteiger partial charge is 0.248 e. The van der Waals surface area contributed by atoms with Gasteiger partial charge < -0.3 is 10.1 Å². The highest BCUT2D eigenvalue weighted by Gasteiger charge is 2.18. The van der Waals surface area contributed by atoms with E-state index in [1.54, 1.807) is 6.07 Å². The molecule has 1 aromatic carbocycles. The summed E-state index contributed by atoms with van der Waals surface area (Å²) in [5.74, 6) is 0. The number of aromatic nitrogens is 1. The van der Waals surface area contributed by atoms with Crippen LogP contribution in [0.2, 0.25) is 0 Å². The van der Waals surface area contributed by atoms with Crippen LogP contribution in [0.5, 0.6) is 0 Å². The monoisotopic (exact) mass is 284 g/mol. The van der Waals surface area contributed by atoms with Crippen molar-refractivity contribution in [3.05, 3.63) is 69.6 Å². The van der Waals surface area contributed by atoms with Crippen molar-refractivity contribution in [2.75, 3.05) is 13.1 Å². The standard InChI is InChI=1S/C17H20N2O2/c20-16(10-15-6-3-7-17(21)18-15)12-19-9-8-13-4-1-2-5-14(13)11-19/h1-7,16,20H,8-12H2,(H,18,21). The summed E-state index contributed by atoms with van der Waals surface area (Å²) in [4.78, 5) is 16.3. The predicted molar refractivity (Wildman–Crippen MR) is 82.2 cm³/mol. The molecule has 4 nitrogen and oxygen atoms in total. The molecule has 2 aromatic rings. The average Bonchev–Trinajstić information content (AvgIpc) is 2.47. The highest BCUT2D eigenvalue weighted by molar-refractivity contribution is 5.29. The Labute approximate surface area is 124 Å². The molecule has 4 heteroatoms. The van der Waals surface area contributed by atoms with Gasteiger partial charge >= 0.3 is 0 Å². The van der Waals surface area contributed by atoms with E-state index in [0.717, 1.165) is 25.2 Å². The molecule has 1 atom stereocenters. The summed E-state index contributed by atoms with van der Waals surface area (Å²) < 4.78 is 0. The van der Waals surface area contributed by atoms with Gasteiger partial charge in [0.05, 0.1) is 6.10 Å². The Hall–Kier alpha value is -1.91. The third-order valence-corrected chi connectivity index (χ3v) is 3.96. The molecule has 0 bridgehead atoms. The van der Waals surface area contributed by atoms with Gasteiger partial charge in [-0.25, -0.2) is 0 Å². The van der Waals surface area contributed by atoms with E-state index in [9.17, 15) is 9.90 Å². The number of hydrogen-bond donors (Lipinski definition) is 2. The summed E-state index contributed by atoms with van der Waals surface area (Å²) in [5.41, 5.74) is 3.43. The molecular weight excluding hydrogens is 264 g/mol. The largest absolute Gasteiger partial charge is 0.391 e. The molecule has 1 aromatic heterocycles. The first kappa shape index (κ1) is 14.0. The van der Waals surface area contributed by atoms with Crippen molar-refractivity contribution in [3.63, 3.8) is 0 Å². The van der Waals surface area contributed by atoms with Gasteiger partial charge in [0, 0.05) is 37.8 Å². The second kappa shape index (κ2) is 6.24. The maximum absolute atomic E-state index is 11.3. The fourth-order valence-corrected chi connectivity index (χ4v) is 2.94. The lowest BCUT2D eigenvalue weighted by Crippen LogP contribution is -2.37. The SMILES string of the molecule is O=c1cccc(CC(O)CN2CCc3ccccc3C2)[nH]1. The minimum absolute atomic E-state index is 0.119. The Morgan fingerprint density at radius 3 is 2.76 bits per heavy atom. The molecule has 0 amide bonds. The van der Waals surface area contributed by atoms with Gasteiger partial charge in [0.15, 0.2) is 0 Å². The van der Waals surface area contributed by atoms with Crippen LogP contribution in [0.3, 0.4) is 0 Å². The molecule has 1 unspecified atom stereocenters. The Bertz CT molecular complexity index is 666. The number of nitrogens with zero attached hydrogens (tertiary/aromatic N) is 1. The second-order valence-electron chi connectivity index (χ2n) is 5.65. The van der Waals surface area contributed by atoms with Crippen LogP contribution < -0.4 is 5.56 Å². The zero-order valence-corrected chi connectivity index (χ0v) is 12.0. The maximum Gasteiger partial charge on any atom is 0.248 e. The van der Waals surface area contributed by atoms with Crippen LogP contribution in [0, 0.1) is 0 Å². The maximum atomic E-state index is 11.3. The summed E-state index contributed by atoms with van der Waals surface area (Å²) in [6.07, 6.45) is 1.05. The number of rotatable bonds is 4. The molecule has 1 aliphatic heterocycles. The Morgan fingerprint density at radius 2 is 1.95 bits per heavy atom. The number of aliphatic hydroxyl groups is 1. The van der Waals surface area contributed by atoms with Crippen molar-refractivity contribution in [2.24, 2.45) is 0 Å². The highest BCUT2D eigenvalue weighted by atomic mass is 16.3. The minimum atomic E-state index is -0.465. The first-order valence-corrected chi connectivity index (χ1v) is 7.36. The van der Waals surface area contributed by atoms with Gasteiger partial charge in [-0.2, -0.15) is 0 Å². The van der Waals surface area contributed by atoms with Crippen molar-refractivity contribution in [2.45, 2.75) is 25.5 Å². The van der Waals surface area contributed by atoms with E-state index in [1.807, 2.05) is 6.07 Å². The number of aromatic amines is 1. The zero-order chi connectivity index (χ0) is 14.7. The molecular formula is C17H20N2O2. The van der Waals surface area contributed by atoms with Crippen molar-refractivity contribution >= 4 is 0 Å². The van der Waals surface area contributed by atoms with Crippen LogP contribution >= 0.6 is 0 Å². The molecule has 2 N–H and O–H groups in total. The van der Waals surface area contributed by atoms with Crippen LogP contribution in [-0.2, 0) is 19.4 Å². The molecule has 0 aliphatic carbocycles. The molecule has 110 valence electrons. The molecule has 1 aliphatic rings. The van der Waals surface area contributed by atoms with E-state index < -0.39 is 6.10 Å².